The molecule has 2 unspecified atom stereocenters. The van der Waals surface area contributed by atoms with E-state index in [4.69, 9.17) is 0 Å². The van der Waals surface area contributed by atoms with Crippen LogP contribution < -0.4 is 5.32 Å². The number of aromatic nitrogens is 3. The van der Waals surface area contributed by atoms with Crippen LogP contribution in [0.2, 0.25) is 0 Å². The smallest absolute Gasteiger partial charge is 0.256 e. The molecule has 2 atom stereocenters. The quantitative estimate of drug-likeness (QED) is 0.897. The first kappa shape index (κ1) is 16.9. The zero-order chi connectivity index (χ0) is 15.8. The predicted molar refractivity (Wildman–Crippen MR) is 93.7 cm³/mol. The molecule has 0 spiro atoms. The Balaban J connectivity index is 0.00000169. The average Bonchev–Trinajstić information content (AvgIpc) is 3.08. The van der Waals surface area contributed by atoms with Crippen LogP contribution in [0.25, 0.3) is 5.69 Å². The number of hydrogen-bond donors (Lipinski definition) is 1. The first-order valence-corrected chi connectivity index (χ1v) is 8.18. The number of carbonyl (C=O) groups excluding carboxylic acids is 1. The number of halogens is 1. The van der Waals surface area contributed by atoms with Crippen LogP contribution in [0.4, 0.5) is 0 Å². The molecule has 7 heteroatoms. The van der Waals surface area contributed by atoms with Crippen molar-refractivity contribution in [3.63, 3.8) is 0 Å². The van der Waals surface area contributed by atoms with Gasteiger partial charge in [0.25, 0.3) is 5.91 Å². The molecule has 0 saturated carbocycles. The summed E-state index contributed by atoms with van der Waals surface area (Å²) in [7, 11) is 0. The van der Waals surface area contributed by atoms with Crippen molar-refractivity contribution in [1.82, 2.24) is 25.2 Å². The van der Waals surface area contributed by atoms with E-state index in [1.807, 2.05) is 30.0 Å². The maximum absolute atomic E-state index is 13.1. The van der Waals surface area contributed by atoms with E-state index < -0.39 is 0 Å². The monoisotopic (exact) mass is 347 g/mol. The number of aryl methyl sites for hydroxylation is 1. The number of amides is 1. The van der Waals surface area contributed by atoms with E-state index in [1.165, 1.54) is 11.2 Å². The van der Waals surface area contributed by atoms with Gasteiger partial charge in [-0.1, -0.05) is 11.6 Å². The lowest BCUT2D eigenvalue weighted by Gasteiger charge is -2.41. The van der Waals surface area contributed by atoms with Gasteiger partial charge >= 0.3 is 0 Å². The summed E-state index contributed by atoms with van der Waals surface area (Å²) >= 11 is 0. The Morgan fingerprint density at radius 3 is 2.50 bits per heavy atom. The van der Waals surface area contributed by atoms with Gasteiger partial charge in [0.05, 0.1) is 23.6 Å². The van der Waals surface area contributed by atoms with Gasteiger partial charge in [-0.3, -0.25) is 4.79 Å². The maximum atomic E-state index is 13.1. The molecule has 2 saturated heterocycles. The molecule has 2 fully saturated rings. The number of piperidine rings is 2. The molecule has 128 valence electrons. The van der Waals surface area contributed by atoms with Gasteiger partial charge in [0.2, 0.25) is 0 Å². The van der Waals surface area contributed by atoms with Crippen molar-refractivity contribution >= 4 is 18.3 Å². The Bertz CT molecular complexity index is 706. The van der Waals surface area contributed by atoms with Crippen molar-refractivity contribution in [2.75, 3.05) is 26.2 Å². The van der Waals surface area contributed by atoms with Gasteiger partial charge in [-0.05, 0) is 50.4 Å². The summed E-state index contributed by atoms with van der Waals surface area (Å²) in [6.45, 7) is 5.71. The van der Waals surface area contributed by atoms with Crippen LogP contribution in [-0.2, 0) is 0 Å². The van der Waals surface area contributed by atoms with Gasteiger partial charge in [0.1, 0.15) is 0 Å². The predicted octanol–water partition coefficient (Wildman–Crippen LogP) is 1.68. The van der Waals surface area contributed by atoms with E-state index in [9.17, 15) is 4.79 Å². The summed E-state index contributed by atoms with van der Waals surface area (Å²) in [6.07, 6.45) is 4.49. The summed E-state index contributed by atoms with van der Waals surface area (Å²) < 4.78 is 0. The molecule has 2 bridgehead atoms. The molecule has 1 aromatic carbocycles. The number of rotatable bonds is 2. The normalized spacial score (nSPS) is 22.8. The molecule has 3 heterocycles. The number of fused-ring (bicyclic) bond motifs is 2. The third-order valence-corrected chi connectivity index (χ3v) is 4.79. The van der Waals surface area contributed by atoms with Crippen molar-refractivity contribution in [3.05, 3.63) is 41.7 Å². The third-order valence-electron chi connectivity index (χ3n) is 4.79. The van der Waals surface area contributed by atoms with Gasteiger partial charge in [0.15, 0.2) is 0 Å². The fourth-order valence-electron chi connectivity index (χ4n) is 3.78. The van der Waals surface area contributed by atoms with E-state index in [1.54, 1.807) is 12.4 Å². The molecular formula is C17H22ClN5O. The summed E-state index contributed by atoms with van der Waals surface area (Å²) in [5.41, 5.74) is 2.51. The van der Waals surface area contributed by atoms with Gasteiger partial charge in [0, 0.05) is 13.1 Å². The van der Waals surface area contributed by atoms with Gasteiger partial charge < -0.3 is 10.2 Å². The number of nitrogens with zero attached hydrogens (tertiary/aromatic N) is 4. The van der Waals surface area contributed by atoms with Crippen LogP contribution in [0.3, 0.4) is 0 Å². The van der Waals surface area contributed by atoms with Gasteiger partial charge in [-0.2, -0.15) is 15.0 Å². The van der Waals surface area contributed by atoms with Crippen molar-refractivity contribution in [2.24, 2.45) is 11.8 Å². The Kier molecular flexibility index (Phi) is 4.87. The standard InChI is InChI=1S/C17H21N5O.ClH/c1-12-2-3-16(22-19-4-5-20-22)15(6-12)17(23)21-10-13-7-14(11-21)9-18-8-13;/h2-6,13-14,18H,7-11H2,1H3;1H. The summed E-state index contributed by atoms with van der Waals surface area (Å²) in [5, 5.41) is 11.8. The average molecular weight is 348 g/mol. The Morgan fingerprint density at radius 1 is 1.17 bits per heavy atom. The van der Waals surface area contributed by atoms with Crippen LogP contribution in [0, 0.1) is 18.8 Å². The highest BCUT2D eigenvalue weighted by atomic mass is 35.5. The second-order valence-corrected chi connectivity index (χ2v) is 6.68. The van der Waals surface area contributed by atoms with Gasteiger partial charge in [-0.25, -0.2) is 0 Å². The van der Waals surface area contributed by atoms with Crippen LogP contribution in [0.5, 0.6) is 0 Å². The number of nitrogens with one attached hydrogen (secondary N) is 1. The largest absolute Gasteiger partial charge is 0.338 e. The first-order valence-electron chi connectivity index (χ1n) is 8.18. The van der Waals surface area contributed by atoms with E-state index >= 15 is 0 Å². The maximum Gasteiger partial charge on any atom is 0.256 e. The third kappa shape index (κ3) is 3.16. The van der Waals surface area contributed by atoms with E-state index in [0.717, 1.165) is 37.4 Å². The second kappa shape index (κ2) is 6.91. The topological polar surface area (TPSA) is 63.1 Å². The van der Waals surface area contributed by atoms with Gasteiger partial charge in [-0.15, -0.1) is 12.4 Å². The molecule has 2 aliphatic rings. The minimum absolute atomic E-state index is 0. The summed E-state index contributed by atoms with van der Waals surface area (Å²) in [4.78, 5) is 16.7. The fraction of sp³-hybridized carbons (Fsp3) is 0.471. The Labute approximate surface area is 147 Å². The lowest BCUT2D eigenvalue weighted by molar-refractivity contribution is 0.0537. The van der Waals surface area contributed by atoms with Crippen molar-refractivity contribution in [3.8, 4) is 5.69 Å². The van der Waals surface area contributed by atoms with E-state index in [0.29, 0.717) is 17.4 Å². The summed E-state index contributed by atoms with van der Waals surface area (Å²) in [5.74, 6) is 1.24. The molecule has 0 radical (unpaired) electrons. The van der Waals surface area contributed by atoms with Crippen molar-refractivity contribution in [1.29, 1.82) is 0 Å². The first-order chi connectivity index (χ1) is 11.2. The molecule has 24 heavy (non-hydrogen) atoms. The van der Waals surface area contributed by atoms with Crippen LogP contribution >= 0.6 is 12.4 Å². The molecule has 1 N–H and O–H groups in total. The molecule has 0 aliphatic carbocycles. The fourth-order valence-corrected chi connectivity index (χ4v) is 3.78. The zero-order valence-electron chi connectivity index (χ0n) is 13.7. The Hall–Kier alpha value is -1.92. The lowest BCUT2D eigenvalue weighted by Crippen LogP contribution is -2.52. The molecule has 4 rings (SSSR count). The molecule has 1 aromatic heterocycles. The number of hydrogen-bond acceptors (Lipinski definition) is 4. The van der Waals surface area contributed by atoms with E-state index in [2.05, 4.69) is 15.5 Å². The molecule has 2 aliphatic heterocycles. The van der Waals surface area contributed by atoms with Crippen LogP contribution in [0.15, 0.2) is 30.6 Å². The minimum Gasteiger partial charge on any atom is -0.338 e. The number of benzene rings is 1. The van der Waals surface area contributed by atoms with E-state index in [-0.39, 0.29) is 18.3 Å². The van der Waals surface area contributed by atoms with Crippen LogP contribution in [0.1, 0.15) is 22.3 Å². The molecular weight excluding hydrogens is 326 g/mol. The number of carbonyl (C=O) groups is 1. The molecule has 1 amide bonds. The zero-order valence-corrected chi connectivity index (χ0v) is 14.5. The Morgan fingerprint density at radius 2 is 1.83 bits per heavy atom. The minimum atomic E-state index is 0. The molecule has 2 aromatic rings. The molecule has 6 nitrogen and oxygen atoms in total. The SMILES string of the molecule is Cc1ccc(-n2nccn2)c(C(=O)N2CC3CNCC(C3)C2)c1.Cl. The lowest BCUT2D eigenvalue weighted by atomic mass is 9.85. The summed E-state index contributed by atoms with van der Waals surface area (Å²) in [6, 6.07) is 5.86. The highest BCUT2D eigenvalue weighted by Crippen LogP contribution is 2.27. The van der Waals surface area contributed by atoms with Crippen molar-refractivity contribution < 1.29 is 4.79 Å². The number of likely N-dealkylation sites (tertiary alicyclic amines) is 1. The second-order valence-electron chi connectivity index (χ2n) is 6.68. The van der Waals surface area contributed by atoms with Crippen molar-refractivity contribution in [2.45, 2.75) is 13.3 Å². The highest BCUT2D eigenvalue weighted by molar-refractivity contribution is 5.98. The highest BCUT2D eigenvalue weighted by Gasteiger charge is 2.33. The van der Waals surface area contributed by atoms with Crippen LogP contribution in [-0.4, -0.2) is 52.0 Å².